The number of nitrogens with zero attached hydrogens (tertiary/aromatic N) is 2. The summed E-state index contributed by atoms with van der Waals surface area (Å²) in [6.45, 7) is 0.513. The Morgan fingerprint density at radius 2 is 1.68 bits per heavy atom. The molecule has 0 aliphatic carbocycles. The summed E-state index contributed by atoms with van der Waals surface area (Å²) in [6, 6.07) is 12.4. The Morgan fingerprint density at radius 3 is 2.32 bits per heavy atom. The van der Waals surface area contributed by atoms with Crippen LogP contribution in [0.5, 0.6) is 5.75 Å². The van der Waals surface area contributed by atoms with Crippen LogP contribution in [0.4, 0.5) is 10.1 Å². The highest BCUT2D eigenvalue weighted by atomic mass is 32.2. The number of piperazine rings is 1. The van der Waals surface area contributed by atoms with Gasteiger partial charge in [0.1, 0.15) is 11.6 Å². The van der Waals surface area contributed by atoms with E-state index in [1.807, 2.05) is 4.90 Å². The topological polar surface area (TPSA) is 66.9 Å². The summed E-state index contributed by atoms with van der Waals surface area (Å²) in [7, 11) is -1.69. The first-order valence-corrected chi connectivity index (χ1v) is 10.8. The molecule has 6 nitrogen and oxygen atoms in total. The molecule has 0 spiro atoms. The molecule has 2 heterocycles. The van der Waals surface area contributed by atoms with Crippen LogP contribution in [-0.4, -0.2) is 56.5 Å². The summed E-state index contributed by atoms with van der Waals surface area (Å²) in [6.07, 6.45) is 0. The number of rotatable bonds is 4. The second-order valence-corrected chi connectivity index (χ2v) is 9.36. The smallest absolute Gasteiger partial charge is 0.241 e. The molecule has 0 radical (unpaired) electrons. The maximum atomic E-state index is 13.2. The van der Waals surface area contributed by atoms with E-state index in [1.54, 1.807) is 48.4 Å². The number of carbonyl (C=O) groups excluding carboxylic acids is 1. The van der Waals surface area contributed by atoms with Crippen molar-refractivity contribution >= 4 is 21.4 Å². The number of methoxy groups -OCH3 is 1. The molecule has 0 N–H and O–H groups in total. The molecule has 2 atom stereocenters. The quantitative estimate of drug-likeness (QED) is 0.778. The molecule has 8 heteroatoms. The standard InChI is InChI=1S/C20H21FN2O4S/c1-27-17-8-6-16(7-9-17)23-19-13-28(25,26)12-18(19)22(11-20(23)24)10-14-2-4-15(21)5-3-14/h2-9,18-19H,10-13H2,1H3/t18-,19-/m1/s1. The first-order chi connectivity index (χ1) is 13.4. The van der Waals surface area contributed by atoms with Crippen molar-refractivity contribution in [2.24, 2.45) is 0 Å². The Balaban J connectivity index is 1.64. The van der Waals surface area contributed by atoms with Crippen LogP contribution in [0, 0.1) is 5.82 Å². The molecule has 2 saturated heterocycles. The molecule has 0 bridgehead atoms. The lowest BCUT2D eigenvalue weighted by molar-refractivity contribution is -0.123. The van der Waals surface area contributed by atoms with Gasteiger partial charge in [-0.2, -0.15) is 0 Å². The van der Waals surface area contributed by atoms with Crippen molar-refractivity contribution in [2.75, 3.05) is 30.1 Å². The van der Waals surface area contributed by atoms with E-state index in [2.05, 4.69) is 0 Å². The van der Waals surface area contributed by atoms with Gasteiger partial charge < -0.3 is 9.64 Å². The Hall–Kier alpha value is -2.45. The van der Waals surface area contributed by atoms with Gasteiger partial charge in [0.25, 0.3) is 0 Å². The molecular formula is C20H21FN2O4S. The highest BCUT2D eigenvalue weighted by molar-refractivity contribution is 7.91. The van der Waals surface area contributed by atoms with Gasteiger partial charge in [0.05, 0.1) is 31.2 Å². The van der Waals surface area contributed by atoms with Crippen molar-refractivity contribution < 1.29 is 22.3 Å². The van der Waals surface area contributed by atoms with Gasteiger partial charge in [-0.3, -0.25) is 9.69 Å². The number of fused-ring (bicyclic) bond motifs is 1. The third kappa shape index (κ3) is 3.62. The monoisotopic (exact) mass is 404 g/mol. The van der Waals surface area contributed by atoms with Crippen LogP contribution in [0.25, 0.3) is 0 Å². The van der Waals surface area contributed by atoms with Crippen molar-refractivity contribution in [2.45, 2.75) is 18.6 Å². The minimum atomic E-state index is -3.26. The number of halogens is 1. The van der Waals surface area contributed by atoms with E-state index in [1.165, 1.54) is 12.1 Å². The summed E-state index contributed by atoms with van der Waals surface area (Å²) in [4.78, 5) is 16.5. The van der Waals surface area contributed by atoms with Crippen LogP contribution >= 0.6 is 0 Å². The van der Waals surface area contributed by atoms with Gasteiger partial charge in [-0.1, -0.05) is 12.1 Å². The third-order valence-corrected chi connectivity index (χ3v) is 7.05. The van der Waals surface area contributed by atoms with Gasteiger partial charge in [0, 0.05) is 18.3 Å². The average molecular weight is 404 g/mol. The van der Waals surface area contributed by atoms with Gasteiger partial charge in [-0.25, -0.2) is 12.8 Å². The highest BCUT2D eigenvalue weighted by Crippen LogP contribution is 2.33. The van der Waals surface area contributed by atoms with Gasteiger partial charge >= 0.3 is 0 Å². The fraction of sp³-hybridized carbons (Fsp3) is 0.350. The second-order valence-electron chi connectivity index (χ2n) is 7.20. The Morgan fingerprint density at radius 1 is 1.04 bits per heavy atom. The number of hydrogen-bond acceptors (Lipinski definition) is 5. The summed E-state index contributed by atoms with van der Waals surface area (Å²) in [5.41, 5.74) is 1.51. The fourth-order valence-electron chi connectivity index (χ4n) is 4.03. The molecule has 0 saturated carbocycles. The molecule has 148 valence electrons. The van der Waals surface area contributed by atoms with Crippen LogP contribution in [0.15, 0.2) is 48.5 Å². The molecule has 4 rings (SSSR count). The van der Waals surface area contributed by atoms with Gasteiger partial charge in [-0.05, 0) is 42.0 Å². The fourth-order valence-corrected chi connectivity index (χ4v) is 6.01. The van der Waals surface area contributed by atoms with Gasteiger partial charge in [-0.15, -0.1) is 0 Å². The zero-order valence-corrected chi connectivity index (χ0v) is 16.2. The average Bonchev–Trinajstić information content (AvgIpc) is 2.99. The van der Waals surface area contributed by atoms with Crippen molar-refractivity contribution in [3.8, 4) is 5.75 Å². The van der Waals surface area contributed by atoms with Crippen LogP contribution in [-0.2, 0) is 21.2 Å². The first-order valence-electron chi connectivity index (χ1n) is 9.01. The number of hydrogen-bond donors (Lipinski definition) is 0. The number of benzene rings is 2. The number of amides is 1. The maximum absolute atomic E-state index is 13.2. The molecule has 2 aliphatic rings. The number of ether oxygens (including phenoxy) is 1. The Labute approximate surface area is 163 Å². The molecule has 2 aliphatic heterocycles. The minimum Gasteiger partial charge on any atom is -0.497 e. The van der Waals surface area contributed by atoms with E-state index >= 15 is 0 Å². The lowest BCUT2D eigenvalue weighted by atomic mass is 10.0. The number of sulfone groups is 1. The second kappa shape index (κ2) is 7.18. The number of anilines is 1. The zero-order valence-electron chi connectivity index (χ0n) is 15.4. The minimum absolute atomic E-state index is 0.0127. The molecular weight excluding hydrogens is 383 g/mol. The van der Waals surface area contributed by atoms with E-state index in [0.29, 0.717) is 18.0 Å². The van der Waals surface area contributed by atoms with E-state index < -0.39 is 15.9 Å². The van der Waals surface area contributed by atoms with E-state index in [0.717, 1.165) is 5.56 Å². The van der Waals surface area contributed by atoms with Crippen molar-refractivity contribution in [3.05, 3.63) is 59.9 Å². The molecule has 1 amide bonds. The van der Waals surface area contributed by atoms with Gasteiger partial charge in [0.2, 0.25) is 5.91 Å². The lowest BCUT2D eigenvalue weighted by Gasteiger charge is -2.43. The normalized spacial score (nSPS) is 24.2. The molecule has 0 unspecified atom stereocenters. The lowest BCUT2D eigenvalue weighted by Crippen LogP contribution is -2.61. The molecule has 2 fully saturated rings. The summed E-state index contributed by atoms with van der Waals surface area (Å²) < 4.78 is 43.1. The zero-order chi connectivity index (χ0) is 19.9. The van der Waals surface area contributed by atoms with Crippen molar-refractivity contribution in [3.63, 3.8) is 0 Å². The Bertz CT molecular complexity index is 976. The predicted molar refractivity (Wildman–Crippen MR) is 104 cm³/mol. The Kier molecular flexibility index (Phi) is 4.84. The summed E-state index contributed by atoms with van der Waals surface area (Å²) in [5.74, 6) is 0.145. The SMILES string of the molecule is COc1ccc(N2C(=O)CN(Cc3ccc(F)cc3)[C@@H]3CS(=O)(=O)C[C@H]32)cc1. The van der Waals surface area contributed by atoms with E-state index in [4.69, 9.17) is 4.74 Å². The third-order valence-electron chi connectivity index (χ3n) is 5.35. The molecule has 0 aromatic heterocycles. The van der Waals surface area contributed by atoms with E-state index in [-0.39, 0.29) is 35.8 Å². The van der Waals surface area contributed by atoms with Crippen molar-refractivity contribution in [1.82, 2.24) is 4.90 Å². The summed E-state index contributed by atoms with van der Waals surface area (Å²) >= 11 is 0. The van der Waals surface area contributed by atoms with Crippen LogP contribution in [0.2, 0.25) is 0 Å². The van der Waals surface area contributed by atoms with E-state index in [9.17, 15) is 17.6 Å². The van der Waals surface area contributed by atoms with Crippen LogP contribution in [0.1, 0.15) is 5.56 Å². The van der Waals surface area contributed by atoms with Crippen molar-refractivity contribution in [1.29, 1.82) is 0 Å². The number of carbonyl (C=O) groups is 1. The van der Waals surface area contributed by atoms with Crippen LogP contribution in [0.3, 0.4) is 0 Å². The predicted octanol–water partition coefficient (Wildman–Crippen LogP) is 1.85. The summed E-state index contributed by atoms with van der Waals surface area (Å²) in [5, 5.41) is 0. The maximum Gasteiger partial charge on any atom is 0.241 e. The van der Waals surface area contributed by atoms with Crippen LogP contribution < -0.4 is 9.64 Å². The molecule has 2 aromatic rings. The molecule has 28 heavy (non-hydrogen) atoms. The first kappa shape index (κ1) is 18.9. The largest absolute Gasteiger partial charge is 0.497 e. The van der Waals surface area contributed by atoms with Gasteiger partial charge in [0.15, 0.2) is 9.84 Å². The highest BCUT2D eigenvalue weighted by Gasteiger charge is 2.49. The molecule has 2 aromatic carbocycles.